The molecule has 0 aromatic rings. The molecular weight excluding hydrogens is 150 g/mol. The number of ether oxygens (including phenoxy) is 1. The van der Waals surface area contributed by atoms with E-state index in [9.17, 15) is 0 Å². The fourth-order valence-electron chi connectivity index (χ4n) is 2.16. The van der Waals surface area contributed by atoms with Gasteiger partial charge >= 0.3 is 0 Å². The van der Waals surface area contributed by atoms with E-state index >= 15 is 0 Å². The number of nitrogens with two attached hydrogens (primary N) is 1. The molecule has 2 nitrogen and oxygen atoms in total. The third-order valence-corrected chi connectivity index (χ3v) is 2.94. The summed E-state index contributed by atoms with van der Waals surface area (Å²) < 4.78 is 5.15. The Labute approximate surface area is 75.5 Å². The SMILES string of the molecule is COCC1CCC(CCN)CC1. The van der Waals surface area contributed by atoms with E-state index in [-0.39, 0.29) is 0 Å². The van der Waals surface area contributed by atoms with Gasteiger partial charge in [-0.1, -0.05) is 12.8 Å². The van der Waals surface area contributed by atoms with Gasteiger partial charge in [0.05, 0.1) is 0 Å². The van der Waals surface area contributed by atoms with E-state index in [0.29, 0.717) is 0 Å². The van der Waals surface area contributed by atoms with Crippen molar-refractivity contribution in [3.63, 3.8) is 0 Å². The lowest BCUT2D eigenvalue weighted by molar-refractivity contribution is 0.118. The lowest BCUT2D eigenvalue weighted by Crippen LogP contribution is -2.20. The van der Waals surface area contributed by atoms with E-state index < -0.39 is 0 Å². The molecule has 1 aliphatic carbocycles. The van der Waals surface area contributed by atoms with Crippen molar-refractivity contribution in [3.05, 3.63) is 0 Å². The number of hydrogen-bond acceptors (Lipinski definition) is 2. The summed E-state index contributed by atoms with van der Waals surface area (Å²) in [7, 11) is 1.80. The van der Waals surface area contributed by atoms with Gasteiger partial charge in [0, 0.05) is 13.7 Å². The molecule has 0 aliphatic heterocycles. The Bertz CT molecular complexity index is 94.4. The van der Waals surface area contributed by atoms with Crippen LogP contribution in [0, 0.1) is 11.8 Å². The van der Waals surface area contributed by atoms with Gasteiger partial charge in [0.25, 0.3) is 0 Å². The Morgan fingerprint density at radius 1 is 1.17 bits per heavy atom. The average Bonchev–Trinajstić information content (AvgIpc) is 2.09. The van der Waals surface area contributed by atoms with E-state index in [2.05, 4.69) is 0 Å². The second kappa shape index (κ2) is 5.55. The summed E-state index contributed by atoms with van der Waals surface area (Å²) in [5.74, 6) is 1.73. The maximum atomic E-state index is 5.53. The molecule has 0 spiro atoms. The number of methoxy groups -OCH3 is 1. The first kappa shape index (κ1) is 10.0. The highest BCUT2D eigenvalue weighted by Crippen LogP contribution is 2.30. The van der Waals surface area contributed by atoms with Crippen molar-refractivity contribution in [1.82, 2.24) is 0 Å². The maximum absolute atomic E-state index is 5.53. The molecule has 0 amide bonds. The van der Waals surface area contributed by atoms with Gasteiger partial charge in [-0.2, -0.15) is 0 Å². The Balaban J connectivity index is 2.11. The van der Waals surface area contributed by atoms with Crippen LogP contribution >= 0.6 is 0 Å². The lowest BCUT2D eigenvalue weighted by atomic mass is 9.81. The minimum atomic E-state index is 0.823. The first-order valence-electron chi connectivity index (χ1n) is 5.05. The van der Waals surface area contributed by atoms with Crippen LogP contribution < -0.4 is 5.73 Å². The molecule has 1 rings (SSSR count). The maximum Gasteiger partial charge on any atom is 0.0490 e. The predicted molar refractivity (Wildman–Crippen MR) is 51.0 cm³/mol. The van der Waals surface area contributed by atoms with Gasteiger partial charge in [0.2, 0.25) is 0 Å². The van der Waals surface area contributed by atoms with E-state index in [1.165, 1.54) is 32.1 Å². The molecule has 0 atom stereocenters. The lowest BCUT2D eigenvalue weighted by Gasteiger charge is -2.27. The van der Waals surface area contributed by atoms with Gasteiger partial charge in [-0.15, -0.1) is 0 Å². The van der Waals surface area contributed by atoms with Crippen molar-refractivity contribution < 1.29 is 4.74 Å². The molecule has 0 aromatic heterocycles. The first-order valence-corrected chi connectivity index (χ1v) is 5.05. The Kier molecular flexibility index (Phi) is 4.62. The predicted octanol–water partition coefficient (Wildman–Crippen LogP) is 1.79. The first-order chi connectivity index (χ1) is 5.86. The molecule has 72 valence electrons. The molecule has 1 saturated carbocycles. The van der Waals surface area contributed by atoms with Gasteiger partial charge in [-0.3, -0.25) is 0 Å². The highest BCUT2D eigenvalue weighted by molar-refractivity contribution is 4.72. The molecule has 1 fully saturated rings. The Morgan fingerprint density at radius 2 is 1.75 bits per heavy atom. The third kappa shape index (κ3) is 3.11. The third-order valence-electron chi connectivity index (χ3n) is 2.94. The zero-order valence-corrected chi connectivity index (χ0v) is 8.09. The molecule has 2 heteroatoms. The van der Waals surface area contributed by atoms with Crippen molar-refractivity contribution in [2.45, 2.75) is 32.1 Å². The Morgan fingerprint density at radius 3 is 2.25 bits per heavy atom. The summed E-state index contributed by atoms with van der Waals surface area (Å²) in [5, 5.41) is 0. The summed E-state index contributed by atoms with van der Waals surface area (Å²) in [4.78, 5) is 0. The zero-order valence-electron chi connectivity index (χ0n) is 8.09. The zero-order chi connectivity index (χ0) is 8.81. The van der Waals surface area contributed by atoms with Gasteiger partial charge in [-0.05, 0) is 37.6 Å². The molecule has 12 heavy (non-hydrogen) atoms. The highest BCUT2D eigenvalue weighted by atomic mass is 16.5. The van der Waals surface area contributed by atoms with Crippen LogP contribution in [0.3, 0.4) is 0 Å². The molecule has 0 aromatic carbocycles. The van der Waals surface area contributed by atoms with Crippen LogP contribution in [0.2, 0.25) is 0 Å². The van der Waals surface area contributed by atoms with Crippen LogP contribution in [0.4, 0.5) is 0 Å². The highest BCUT2D eigenvalue weighted by Gasteiger charge is 2.19. The largest absolute Gasteiger partial charge is 0.384 e. The normalized spacial score (nSPS) is 30.5. The van der Waals surface area contributed by atoms with Crippen LogP contribution in [0.15, 0.2) is 0 Å². The topological polar surface area (TPSA) is 35.2 Å². The molecular formula is C10H21NO. The molecule has 2 N–H and O–H groups in total. The van der Waals surface area contributed by atoms with Gasteiger partial charge in [0.15, 0.2) is 0 Å². The number of rotatable bonds is 4. The fraction of sp³-hybridized carbons (Fsp3) is 1.00. The van der Waals surface area contributed by atoms with Crippen LogP contribution in [-0.2, 0) is 4.74 Å². The second-order valence-corrected chi connectivity index (χ2v) is 3.92. The monoisotopic (exact) mass is 171 g/mol. The van der Waals surface area contributed by atoms with E-state index in [1.54, 1.807) is 7.11 Å². The van der Waals surface area contributed by atoms with Gasteiger partial charge in [0.1, 0.15) is 0 Å². The van der Waals surface area contributed by atoms with Gasteiger partial charge in [-0.25, -0.2) is 0 Å². The summed E-state index contributed by atoms with van der Waals surface area (Å²) in [6.07, 6.45) is 6.65. The standard InChI is InChI=1S/C10H21NO/c1-12-8-10-4-2-9(3-5-10)6-7-11/h9-10H,2-8,11H2,1H3. The average molecular weight is 171 g/mol. The van der Waals surface area contributed by atoms with Crippen molar-refractivity contribution in [2.75, 3.05) is 20.3 Å². The second-order valence-electron chi connectivity index (χ2n) is 3.92. The van der Waals surface area contributed by atoms with E-state index in [0.717, 1.165) is 25.0 Å². The van der Waals surface area contributed by atoms with E-state index in [1.807, 2.05) is 0 Å². The minimum absolute atomic E-state index is 0.823. The summed E-state index contributed by atoms with van der Waals surface area (Å²) >= 11 is 0. The van der Waals surface area contributed by atoms with Crippen LogP contribution in [0.1, 0.15) is 32.1 Å². The summed E-state index contributed by atoms with van der Waals surface area (Å²) in [6, 6.07) is 0. The molecule has 0 unspecified atom stereocenters. The minimum Gasteiger partial charge on any atom is -0.384 e. The van der Waals surface area contributed by atoms with Crippen LogP contribution in [-0.4, -0.2) is 20.3 Å². The molecule has 0 bridgehead atoms. The summed E-state index contributed by atoms with van der Waals surface area (Å²) in [6.45, 7) is 1.81. The van der Waals surface area contributed by atoms with Crippen molar-refractivity contribution in [2.24, 2.45) is 17.6 Å². The van der Waals surface area contributed by atoms with Gasteiger partial charge < -0.3 is 10.5 Å². The number of hydrogen-bond donors (Lipinski definition) is 1. The smallest absolute Gasteiger partial charge is 0.0490 e. The van der Waals surface area contributed by atoms with Crippen LogP contribution in [0.25, 0.3) is 0 Å². The molecule has 1 aliphatic rings. The summed E-state index contributed by atoms with van der Waals surface area (Å²) in [5.41, 5.74) is 5.53. The fourth-order valence-corrected chi connectivity index (χ4v) is 2.16. The molecule has 0 saturated heterocycles. The van der Waals surface area contributed by atoms with Crippen molar-refractivity contribution >= 4 is 0 Å². The quantitative estimate of drug-likeness (QED) is 0.700. The van der Waals surface area contributed by atoms with Crippen LogP contribution in [0.5, 0.6) is 0 Å². The Hall–Kier alpha value is -0.0800. The van der Waals surface area contributed by atoms with Crippen molar-refractivity contribution in [1.29, 1.82) is 0 Å². The van der Waals surface area contributed by atoms with Crippen molar-refractivity contribution in [3.8, 4) is 0 Å². The molecule has 0 radical (unpaired) electrons. The van der Waals surface area contributed by atoms with E-state index in [4.69, 9.17) is 10.5 Å². The molecule has 0 heterocycles.